The third-order valence-corrected chi connectivity index (χ3v) is 7.07. The molecule has 0 aromatic rings. The lowest BCUT2D eigenvalue weighted by molar-refractivity contribution is -0.380. The molecule has 15 atom stereocenters. The number of rotatable bonds is 13. The van der Waals surface area contributed by atoms with Gasteiger partial charge in [0, 0.05) is 19.8 Å². The summed E-state index contributed by atoms with van der Waals surface area (Å²) in [6.45, 7) is 4.55. The number of ether oxygens (including phenoxy) is 8. The third kappa shape index (κ3) is 7.46. The topological polar surface area (TPSA) is 236 Å². The molecule has 3 aliphatic heterocycles. The zero-order valence-electron chi connectivity index (χ0n) is 22.7. The first-order valence-electron chi connectivity index (χ1n) is 13.5. The summed E-state index contributed by atoms with van der Waals surface area (Å²) in [7, 11) is 0. The Morgan fingerprint density at radius 2 is 1.07 bits per heavy atom. The van der Waals surface area contributed by atoms with Crippen molar-refractivity contribution in [2.24, 2.45) is 0 Å². The highest BCUT2D eigenvalue weighted by Crippen LogP contribution is 2.33. The Labute approximate surface area is 231 Å². The Bertz CT molecular complexity index is 729. The van der Waals surface area contributed by atoms with Gasteiger partial charge >= 0.3 is 0 Å². The molecule has 3 aliphatic rings. The molecule has 3 rings (SSSR count). The minimum atomic E-state index is -1.79. The first-order valence-corrected chi connectivity index (χ1v) is 13.5. The SMILES string of the molecule is CCOC[C@H]1O[C@H](O)[C@H](OCC)[C@@H](OCC)[C@@H]1O[C@@H]1O[C@H](CO)[C@@H](O[C@@H]2O[C@H](CO)[C@@H](O)[C@H](O)[C@H]2O)[C@H](O)[C@H]1O. The molecule has 236 valence electrons. The van der Waals surface area contributed by atoms with E-state index in [9.17, 15) is 40.9 Å². The predicted molar refractivity (Wildman–Crippen MR) is 129 cm³/mol. The Balaban J connectivity index is 1.79. The Morgan fingerprint density at radius 1 is 0.525 bits per heavy atom. The van der Waals surface area contributed by atoms with Gasteiger partial charge in [0.25, 0.3) is 0 Å². The lowest BCUT2D eigenvalue weighted by Crippen LogP contribution is -2.67. The molecule has 0 aliphatic carbocycles. The highest BCUT2D eigenvalue weighted by atomic mass is 16.8. The van der Waals surface area contributed by atoms with Crippen LogP contribution in [0.3, 0.4) is 0 Å². The number of hydrogen-bond donors (Lipinski definition) is 8. The summed E-state index contributed by atoms with van der Waals surface area (Å²) in [6.07, 6.45) is -21.2. The quantitative estimate of drug-likeness (QED) is 0.101. The molecule has 8 N–H and O–H groups in total. The molecule has 0 radical (unpaired) electrons. The third-order valence-electron chi connectivity index (χ3n) is 7.07. The Hall–Kier alpha value is -0.640. The molecule has 0 saturated carbocycles. The van der Waals surface area contributed by atoms with Crippen LogP contribution in [-0.2, 0) is 37.9 Å². The maximum atomic E-state index is 11.0. The van der Waals surface area contributed by atoms with E-state index in [2.05, 4.69) is 0 Å². The molecule has 40 heavy (non-hydrogen) atoms. The van der Waals surface area contributed by atoms with E-state index in [4.69, 9.17) is 37.9 Å². The summed E-state index contributed by atoms with van der Waals surface area (Å²) < 4.78 is 45.4. The molecule has 0 bridgehead atoms. The van der Waals surface area contributed by atoms with Gasteiger partial charge in [-0.1, -0.05) is 0 Å². The van der Waals surface area contributed by atoms with E-state index in [-0.39, 0.29) is 19.8 Å². The van der Waals surface area contributed by atoms with E-state index in [1.807, 2.05) is 0 Å². The van der Waals surface area contributed by atoms with Crippen LogP contribution in [0.15, 0.2) is 0 Å². The smallest absolute Gasteiger partial charge is 0.187 e. The van der Waals surface area contributed by atoms with E-state index < -0.39 is 105 Å². The summed E-state index contributed by atoms with van der Waals surface area (Å²) in [4.78, 5) is 0. The van der Waals surface area contributed by atoms with Crippen LogP contribution in [0.1, 0.15) is 20.8 Å². The van der Waals surface area contributed by atoms with Crippen molar-refractivity contribution in [3.05, 3.63) is 0 Å². The van der Waals surface area contributed by atoms with Crippen LogP contribution in [0, 0.1) is 0 Å². The lowest BCUT2D eigenvalue weighted by Gasteiger charge is -2.49. The van der Waals surface area contributed by atoms with Crippen molar-refractivity contribution in [1.82, 2.24) is 0 Å². The molecule has 0 aromatic heterocycles. The van der Waals surface area contributed by atoms with Crippen molar-refractivity contribution in [2.45, 2.75) is 113 Å². The summed E-state index contributed by atoms with van der Waals surface area (Å²) in [6, 6.07) is 0. The van der Waals surface area contributed by atoms with E-state index in [0.29, 0.717) is 6.61 Å². The fourth-order valence-corrected chi connectivity index (χ4v) is 5.00. The molecule has 0 amide bonds. The molecule has 0 spiro atoms. The fourth-order valence-electron chi connectivity index (χ4n) is 5.00. The highest BCUT2D eigenvalue weighted by Gasteiger charge is 2.54. The van der Waals surface area contributed by atoms with Crippen molar-refractivity contribution in [3.8, 4) is 0 Å². The molecule has 3 fully saturated rings. The second-order valence-electron chi connectivity index (χ2n) is 9.67. The van der Waals surface area contributed by atoms with Crippen LogP contribution < -0.4 is 0 Å². The summed E-state index contributed by atoms with van der Waals surface area (Å²) in [5.74, 6) is 0. The number of aliphatic hydroxyl groups excluding tert-OH is 8. The van der Waals surface area contributed by atoms with Gasteiger partial charge in [0.2, 0.25) is 0 Å². The molecular formula is C24H44O16. The van der Waals surface area contributed by atoms with Gasteiger partial charge in [-0.25, -0.2) is 0 Å². The largest absolute Gasteiger partial charge is 0.394 e. The van der Waals surface area contributed by atoms with Gasteiger partial charge in [-0.2, -0.15) is 0 Å². The first kappa shape index (κ1) is 33.9. The van der Waals surface area contributed by atoms with Crippen molar-refractivity contribution in [2.75, 3.05) is 39.6 Å². The molecular weight excluding hydrogens is 544 g/mol. The van der Waals surface area contributed by atoms with Crippen molar-refractivity contribution < 1.29 is 78.7 Å². The monoisotopic (exact) mass is 588 g/mol. The minimum Gasteiger partial charge on any atom is -0.394 e. The van der Waals surface area contributed by atoms with Crippen LogP contribution in [0.4, 0.5) is 0 Å². The second-order valence-corrected chi connectivity index (χ2v) is 9.67. The van der Waals surface area contributed by atoms with Crippen LogP contribution >= 0.6 is 0 Å². The normalized spacial score (nSPS) is 46.4. The predicted octanol–water partition coefficient (Wildman–Crippen LogP) is -4.44. The Kier molecular flexibility index (Phi) is 13.3. The standard InChI is InChI=1S/C24H44O16/c1-4-33-9-12-19(20(34-5-2)21(35-6-3)22(32)36-12)40-24-17(31)15(29)18(11(8-26)38-24)39-23-16(30)14(28)13(27)10(7-25)37-23/h10-32H,4-9H2,1-3H3/t10-,11-,12-,13-,14+,15-,16-,17-,18-,19-,20+,21-,22+,23+,24+/m1/s1. The summed E-state index contributed by atoms with van der Waals surface area (Å²) in [5.41, 5.74) is 0. The van der Waals surface area contributed by atoms with Crippen molar-refractivity contribution in [3.63, 3.8) is 0 Å². The van der Waals surface area contributed by atoms with E-state index in [0.717, 1.165) is 0 Å². The zero-order chi connectivity index (χ0) is 29.6. The lowest BCUT2D eigenvalue weighted by atomic mass is 9.96. The second kappa shape index (κ2) is 15.7. The van der Waals surface area contributed by atoms with Crippen molar-refractivity contribution in [1.29, 1.82) is 0 Å². The van der Waals surface area contributed by atoms with Gasteiger partial charge < -0.3 is 78.7 Å². The van der Waals surface area contributed by atoms with Gasteiger partial charge in [0.05, 0.1) is 19.8 Å². The maximum Gasteiger partial charge on any atom is 0.187 e. The van der Waals surface area contributed by atoms with E-state index >= 15 is 0 Å². The van der Waals surface area contributed by atoms with Crippen LogP contribution in [0.5, 0.6) is 0 Å². The maximum absolute atomic E-state index is 11.0. The number of aliphatic hydroxyl groups is 8. The summed E-state index contributed by atoms with van der Waals surface area (Å²) >= 11 is 0. The van der Waals surface area contributed by atoms with Crippen molar-refractivity contribution >= 4 is 0 Å². The first-order chi connectivity index (χ1) is 19.1. The average Bonchev–Trinajstić information content (AvgIpc) is 2.94. The molecule has 16 nitrogen and oxygen atoms in total. The van der Waals surface area contributed by atoms with Crippen LogP contribution in [0.25, 0.3) is 0 Å². The van der Waals surface area contributed by atoms with Crippen LogP contribution in [-0.4, -0.2) is 173 Å². The molecule has 16 heteroatoms. The molecule has 3 heterocycles. The minimum absolute atomic E-state index is 0.0156. The number of hydrogen-bond acceptors (Lipinski definition) is 16. The molecule has 0 unspecified atom stereocenters. The summed E-state index contributed by atoms with van der Waals surface area (Å²) in [5, 5.41) is 82.3. The van der Waals surface area contributed by atoms with Gasteiger partial charge in [-0.3, -0.25) is 0 Å². The molecule has 3 saturated heterocycles. The zero-order valence-corrected chi connectivity index (χ0v) is 22.7. The van der Waals surface area contributed by atoms with Crippen LogP contribution in [0.2, 0.25) is 0 Å². The highest BCUT2D eigenvalue weighted by molar-refractivity contribution is 4.97. The molecule has 0 aromatic carbocycles. The Morgan fingerprint density at radius 3 is 1.65 bits per heavy atom. The van der Waals surface area contributed by atoms with Gasteiger partial charge in [0.15, 0.2) is 18.9 Å². The fraction of sp³-hybridized carbons (Fsp3) is 1.00. The van der Waals surface area contributed by atoms with E-state index in [1.165, 1.54) is 0 Å². The van der Waals surface area contributed by atoms with Gasteiger partial charge in [-0.05, 0) is 20.8 Å². The van der Waals surface area contributed by atoms with E-state index in [1.54, 1.807) is 20.8 Å². The van der Waals surface area contributed by atoms with Gasteiger partial charge in [-0.15, -0.1) is 0 Å². The van der Waals surface area contributed by atoms with Gasteiger partial charge in [0.1, 0.15) is 73.2 Å². The average molecular weight is 589 g/mol.